The predicted octanol–water partition coefficient (Wildman–Crippen LogP) is 1.92. The second-order valence-electron chi connectivity index (χ2n) is 4.29. The van der Waals surface area contributed by atoms with Crippen LogP contribution in [0.2, 0.25) is 0 Å². The standard InChI is InChI=1S/C14H24N2O2/c1-13-5-7-16-12-14(13)11-15-6-3-4-8-18-10-9-17-2/h5,7,12,15H,3-4,6,8-11H2,1-2H3. The van der Waals surface area contributed by atoms with Crippen LogP contribution < -0.4 is 5.32 Å². The van der Waals surface area contributed by atoms with Gasteiger partial charge in [0.2, 0.25) is 0 Å². The molecule has 0 unspecified atom stereocenters. The Balaban J connectivity index is 1.94. The van der Waals surface area contributed by atoms with Crippen LogP contribution in [0.3, 0.4) is 0 Å². The second-order valence-corrected chi connectivity index (χ2v) is 4.29. The van der Waals surface area contributed by atoms with E-state index in [2.05, 4.69) is 17.2 Å². The van der Waals surface area contributed by atoms with Crippen molar-refractivity contribution in [2.75, 3.05) is 33.5 Å². The van der Waals surface area contributed by atoms with Gasteiger partial charge in [-0.1, -0.05) is 0 Å². The lowest BCUT2D eigenvalue weighted by atomic mass is 10.1. The minimum absolute atomic E-state index is 0.679. The lowest BCUT2D eigenvalue weighted by Gasteiger charge is -2.07. The van der Waals surface area contributed by atoms with Gasteiger partial charge in [-0.2, -0.15) is 0 Å². The molecular weight excluding hydrogens is 228 g/mol. The summed E-state index contributed by atoms with van der Waals surface area (Å²) in [6, 6.07) is 2.04. The third-order valence-electron chi connectivity index (χ3n) is 2.79. The summed E-state index contributed by atoms with van der Waals surface area (Å²) in [5, 5.41) is 3.42. The Labute approximate surface area is 110 Å². The first-order valence-electron chi connectivity index (χ1n) is 6.51. The zero-order chi connectivity index (χ0) is 13.1. The van der Waals surface area contributed by atoms with Gasteiger partial charge in [0, 0.05) is 32.7 Å². The molecule has 4 heteroatoms. The van der Waals surface area contributed by atoms with Crippen molar-refractivity contribution in [2.24, 2.45) is 0 Å². The van der Waals surface area contributed by atoms with E-state index in [9.17, 15) is 0 Å². The summed E-state index contributed by atoms with van der Waals surface area (Å²) < 4.78 is 10.3. The topological polar surface area (TPSA) is 43.4 Å². The van der Waals surface area contributed by atoms with Crippen LogP contribution in [0.25, 0.3) is 0 Å². The molecular formula is C14H24N2O2. The molecule has 1 rings (SSSR count). The Bertz CT molecular complexity index is 318. The Morgan fingerprint density at radius 3 is 2.89 bits per heavy atom. The van der Waals surface area contributed by atoms with Gasteiger partial charge in [0.15, 0.2) is 0 Å². The number of hydrogen-bond acceptors (Lipinski definition) is 4. The minimum Gasteiger partial charge on any atom is -0.382 e. The minimum atomic E-state index is 0.679. The van der Waals surface area contributed by atoms with Crippen LogP contribution in [0.1, 0.15) is 24.0 Å². The van der Waals surface area contributed by atoms with Crippen molar-refractivity contribution in [3.8, 4) is 0 Å². The molecule has 0 aliphatic heterocycles. The molecule has 1 aromatic rings. The van der Waals surface area contributed by atoms with Crippen molar-refractivity contribution in [3.63, 3.8) is 0 Å². The maximum atomic E-state index is 5.40. The summed E-state index contributed by atoms with van der Waals surface area (Å²) in [7, 11) is 1.69. The number of unbranched alkanes of at least 4 members (excludes halogenated alkanes) is 1. The number of hydrogen-bond donors (Lipinski definition) is 1. The number of ether oxygens (including phenoxy) is 2. The molecule has 0 aromatic carbocycles. The molecule has 0 fully saturated rings. The third-order valence-corrected chi connectivity index (χ3v) is 2.79. The zero-order valence-corrected chi connectivity index (χ0v) is 11.4. The molecule has 0 radical (unpaired) electrons. The molecule has 0 aliphatic carbocycles. The SMILES string of the molecule is COCCOCCCCNCc1cnccc1C. The van der Waals surface area contributed by atoms with Gasteiger partial charge in [0.25, 0.3) is 0 Å². The van der Waals surface area contributed by atoms with Crippen LogP contribution in [0, 0.1) is 6.92 Å². The Morgan fingerprint density at radius 2 is 2.11 bits per heavy atom. The van der Waals surface area contributed by atoms with Gasteiger partial charge in [0.05, 0.1) is 13.2 Å². The summed E-state index contributed by atoms with van der Waals surface area (Å²) in [5.41, 5.74) is 2.56. The van der Waals surface area contributed by atoms with E-state index in [1.807, 2.05) is 18.5 Å². The van der Waals surface area contributed by atoms with Gasteiger partial charge in [-0.05, 0) is 43.5 Å². The highest BCUT2D eigenvalue weighted by Crippen LogP contribution is 2.03. The average Bonchev–Trinajstić information content (AvgIpc) is 2.39. The van der Waals surface area contributed by atoms with E-state index >= 15 is 0 Å². The fourth-order valence-corrected chi connectivity index (χ4v) is 1.60. The number of aromatic nitrogens is 1. The normalized spacial score (nSPS) is 10.8. The van der Waals surface area contributed by atoms with E-state index in [1.165, 1.54) is 11.1 Å². The highest BCUT2D eigenvalue weighted by Gasteiger charge is 1.96. The Kier molecular flexibility index (Phi) is 8.38. The fourth-order valence-electron chi connectivity index (χ4n) is 1.60. The van der Waals surface area contributed by atoms with Crippen LogP contribution in [-0.2, 0) is 16.0 Å². The molecule has 0 amide bonds. The molecule has 102 valence electrons. The predicted molar refractivity (Wildman–Crippen MR) is 72.6 cm³/mol. The number of rotatable bonds is 10. The molecule has 0 atom stereocenters. The van der Waals surface area contributed by atoms with Crippen molar-refractivity contribution in [1.82, 2.24) is 10.3 Å². The first-order chi connectivity index (χ1) is 8.84. The van der Waals surface area contributed by atoms with Crippen molar-refractivity contribution >= 4 is 0 Å². The number of nitrogens with one attached hydrogen (secondary N) is 1. The van der Waals surface area contributed by atoms with E-state index in [0.29, 0.717) is 13.2 Å². The van der Waals surface area contributed by atoms with Crippen molar-refractivity contribution < 1.29 is 9.47 Å². The number of pyridine rings is 1. The molecule has 18 heavy (non-hydrogen) atoms. The van der Waals surface area contributed by atoms with Crippen LogP contribution in [0.15, 0.2) is 18.5 Å². The van der Waals surface area contributed by atoms with E-state index in [1.54, 1.807) is 7.11 Å². The lowest BCUT2D eigenvalue weighted by Crippen LogP contribution is -2.16. The quantitative estimate of drug-likeness (QED) is 0.646. The smallest absolute Gasteiger partial charge is 0.0700 e. The van der Waals surface area contributed by atoms with E-state index in [0.717, 1.165) is 32.5 Å². The van der Waals surface area contributed by atoms with Crippen LogP contribution >= 0.6 is 0 Å². The number of methoxy groups -OCH3 is 1. The molecule has 4 nitrogen and oxygen atoms in total. The van der Waals surface area contributed by atoms with Crippen LogP contribution in [-0.4, -0.2) is 38.5 Å². The molecule has 0 saturated carbocycles. The maximum absolute atomic E-state index is 5.40. The molecule has 1 heterocycles. The third kappa shape index (κ3) is 6.69. The van der Waals surface area contributed by atoms with E-state index in [4.69, 9.17) is 9.47 Å². The summed E-state index contributed by atoms with van der Waals surface area (Å²) in [5.74, 6) is 0. The summed E-state index contributed by atoms with van der Waals surface area (Å²) >= 11 is 0. The van der Waals surface area contributed by atoms with Gasteiger partial charge in [-0.3, -0.25) is 4.98 Å². The number of nitrogens with zero attached hydrogens (tertiary/aromatic N) is 1. The van der Waals surface area contributed by atoms with Gasteiger partial charge < -0.3 is 14.8 Å². The molecule has 0 bridgehead atoms. The molecule has 0 aliphatic rings. The number of aryl methyl sites for hydroxylation is 1. The highest BCUT2D eigenvalue weighted by atomic mass is 16.5. The first kappa shape index (κ1) is 15.1. The van der Waals surface area contributed by atoms with Crippen LogP contribution in [0.5, 0.6) is 0 Å². The van der Waals surface area contributed by atoms with Gasteiger partial charge >= 0.3 is 0 Å². The van der Waals surface area contributed by atoms with E-state index < -0.39 is 0 Å². The summed E-state index contributed by atoms with van der Waals surface area (Å²) in [4.78, 5) is 4.13. The average molecular weight is 252 g/mol. The molecule has 1 N–H and O–H groups in total. The van der Waals surface area contributed by atoms with Crippen molar-refractivity contribution in [3.05, 3.63) is 29.6 Å². The maximum Gasteiger partial charge on any atom is 0.0700 e. The first-order valence-corrected chi connectivity index (χ1v) is 6.51. The Morgan fingerprint density at radius 1 is 1.22 bits per heavy atom. The molecule has 1 aromatic heterocycles. The monoisotopic (exact) mass is 252 g/mol. The van der Waals surface area contributed by atoms with Crippen LogP contribution in [0.4, 0.5) is 0 Å². The summed E-state index contributed by atoms with van der Waals surface area (Å²) in [6.07, 6.45) is 5.97. The second kappa shape index (κ2) is 10.00. The highest BCUT2D eigenvalue weighted by molar-refractivity contribution is 5.20. The zero-order valence-electron chi connectivity index (χ0n) is 11.4. The van der Waals surface area contributed by atoms with Crippen molar-refractivity contribution in [2.45, 2.75) is 26.3 Å². The molecule has 0 saturated heterocycles. The largest absolute Gasteiger partial charge is 0.382 e. The Hall–Kier alpha value is -0.970. The van der Waals surface area contributed by atoms with Gasteiger partial charge in [-0.25, -0.2) is 0 Å². The molecule has 0 spiro atoms. The van der Waals surface area contributed by atoms with E-state index in [-0.39, 0.29) is 0 Å². The van der Waals surface area contributed by atoms with Gasteiger partial charge in [-0.15, -0.1) is 0 Å². The van der Waals surface area contributed by atoms with Gasteiger partial charge in [0.1, 0.15) is 0 Å². The fraction of sp³-hybridized carbons (Fsp3) is 0.643. The van der Waals surface area contributed by atoms with Crippen molar-refractivity contribution in [1.29, 1.82) is 0 Å². The summed E-state index contributed by atoms with van der Waals surface area (Å²) in [6.45, 7) is 6.21. The lowest BCUT2D eigenvalue weighted by molar-refractivity contribution is 0.0688.